The van der Waals surface area contributed by atoms with Gasteiger partial charge >= 0.3 is 6.03 Å². The summed E-state index contributed by atoms with van der Waals surface area (Å²) in [6, 6.07) is 7.96. The first-order chi connectivity index (χ1) is 12.2. The number of likely N-dealkylation sites (tertiary alicyclic amines) is 1. The van der Waals surface area contributed by atoms with Crippen LogP contribution in [0.2, 0.25) is 0 Å². The Labute approximate surface area is 156 Å². The van der Waals surface area contributed by atoms with Crippen molar-refractivity contribution in [2.45, 2.75) is 39.2 Å². The highest BCUT2D eigenvalue weighted by atomic mass is 16.5. The minimum Gasteiger partial charge on any atom is -0.383 e. The van der Waals surface area contributed by atoms with Gasteiger partial charge in [-0.2, -0.15) is 0 Å². The smallest absolute Gasteiger partial charge is 0.317 e. The molecule has 3 amide bonds. The van der Waals surface area contributed by atoms with Crippen molar-refractivity contribution in [2.24, 2.45) is 5.92 Å². The maximum absolute atomic E-state index is 12.7. The molecule has 1 heterocycles. The third kappa shape index (κ3) is 5.21. The molecule has 1 aromatic carbocycles. The predicted octanol–water partition coefficient (Wildman–Crippen LogP) is 2.28. The van der Waals surface area contributed by atoms with E-state index in [1.165, 1.54) is 0 Å². The molecule has 144 valence electrons. The lowest BCUT2D eigenvalue weighted by Crippen LogP contribution is -2.48. The van der Waals surface area contributed by atoms with E-state index >= 15 is 0 Å². The number of benzene rings is 1. The molecule has 1 aromatic rings. The van der Waals surface area contributed by atoms with Crippen LogP contribution in [0.1, 0.15) is 37.8 Å². The van der Waals surface area contributed by atoms with Crippen LogP contribution in [0, 0.1) is 12.8 Å². The summed E-state index contributed by atoms with van der Waals surface area (Å²) < 4.78 is 5.01. The molecule has 2 N–H and O–H groups in total. The zero-order valence-electron chi connectivity index (χ0n) is 16.5. The predicted molar refractivity (Wildman–Crippen MR) is 102 cm³/mol. The van der Waals surface area contributed by atoms with Crippen molar-refractivity contribution in [1.82, 2.24) is 15.5 Å². The molecule has 6 heteroatoms. The van der Waals surface area contributed by atoms with Gasteiger partial charge in [-0.15, -0.1) is 0 Å². The van der Waals surface area contributed by atoms with E-state index in [0.717, 1.165) is 11.1 Å². The number of rotatable bonds is 5. The average molecular weight is 361 g/mol. The zero-order valence-corrected chi connectivity index (χ0v) is 16.5. The van der Waals surface area contributed by atoms with Crippen LogP contribution >= 0.6 is 0 Å². The van der Waals surface area contributed by atoms with E-state index in [9.17, 15) is 9.59 Å². The van der Waals surface area contributed by atoms with Crippen LogP contribution in [0.15, 0.2) is 24.3 Å². The quantitative estimate of drug-likeness (QED) is 0.791. The van der Waals surface area contributed by atoms with Gasteiger partial charge in [-0.25, -0.2) is 4.79 Å². The number of urea groups is 1. The second kappa shape index (κ2) is 8.54. The number of amides is 3. The molecule has 6 nitrogen and oxygen atoms in total. The Hall–Kier alpha value is -2.08. The number of methoxy groups -OCH3 is 1. The molecular weight excluding hydrogens is 330 g/mol. The van der Waals surface area contributed by atoms with Crippen molar-refractivity contribution in [3.8, 4) is 0 Å². The molecule has 1 aliphatic rings. The second-order valence-corrected chi connectivity index (χ2v) is 7.94. The summed E-state index contributed by atoms with van der Waals surface area (Å²) >= 11 is 0. The highest BCUT2D eigenvalue weighted by Crippen LogP contribution is 2.34. The monoisotopic (exact) mass is 361 g/mol. The fourth-order valence-electron chi connectivity index (χ4n) is 3.36. The minimum absolute atomic E-state index is 0.00976. The Kier molecular flexibility index (Phi) is 6.64. The van der Waals surface area contributed by atoms with E-state index in [1.54, 1.807) is 12.0 Å². The molecule has 0 aromatic heterocycles. The molecule has 0 aliphatic carbocycles. The first kappa shape index (κ1) is 20.2. The van der Waals surface area contributed by atoms with Gasteiger partial charge in [-0.1, -0.05) is 24.3 Å². The van der Waals surface area contributed by atoms with Gasteiger partial charge < -0.3 is 20.3 Å². The number of aryl methyl sites for hydroxylation is 1. The number of carbonyl (C=O) groups excluding carboxylic acids is 2. The lowest BCUT2D eigenvalue weighted by atomic mass is 9.86. The van der Waals surface area contributed by atoms with Crippen LogP contribution < -0.4 is 10.6 Å². The van der Waals surface area contributed by atoms with Crippen LogP contribution in [0.5, 0.6) is 0 Å². The summed E-state index contributed by atoms with van der Waals surface area (Å²) in [5, 5.41) is 5.92. The maximum atomic E-state index is 12.7. The molecule has 26 heavy (non-hydrogen) atoms. The number of ether oxygens (including phenoxy) is 1. The zero-order chi connectivity index (χ0) is 19.3. The topological polar surface area (TPSA) is 70.7 Å². The van der Waals surface area contributed by atoms with Crippen molar-refractivity contribution < 1.29 is 14.3 Å². The van der Waals surface area contributed by atoms with E-state index in [2.05, 4.69) is 16.7 Å². The molecule has 0 radical (unpaired) electrons. The van der Waals surface area contributed by atoms with Gasteiger partial charge in [0.2, 0.25) is 5.91 Å². The third-order valence-electron chi connectivity index (χ3n) is 4.62. The average Bonchev–Trinajstić information content (AvgIpc) is 2.99. The molecule has 1 fully saturated rings. The lowest BCUT2D eigenvalue weighted by molar-refractivity contribution is -0.125. The van der Waals surface area contributed by atoms with Crippen LogP contribution in [-0.2, 0) is 9.53 Å². The van der Waals surface area contributed by atoms with Crippen LogP contribution in [0.4, 0.5) is 4.79 Å². The van der Waals surface area contributed by atoms with E-state index < -0.39 is 0 Å². The largest absolute Gasteiger partial charge is 0.383 e. The van der Waals surface area contributed by atoms with Gasteiger partial charge in [0.15, 0.2) is 0 Å². The van der Waals surface area contributed by atoms with Crippen molar-refractivity contribution >= 4 is 11.9 Å². The van der Waals surface area contributed by atoms with Crippen LogP contribution in [0.25, 0.3) is 0 Å². The Morgan fingerprint density at radius 3 is 2.54 bits per heavy atom. The fraction of sp³-hybridized carbons (Fsp3) is 0.600. The highest BCUT2D eigenvalue weighted by Gasteiger charge is 2.41. The van der Waals surface area contributed by atoms with Gasteiger partial charge in [-0.3, -0.25) is 4.79 Å². The maximum Gasteiger partial charge on any atom is 0.317 e. The molecule has 2 unspecified atom stereocenters. The van der Waals surface area contributed by atoms with E-state index in [1.807, 2.05) is 45.9 Å². The standard InChI is InChI=1S/C20H31N3O3/c1-14-8-6-7-9-15(14)16-12-23(19(25)22-20(2,3)4)13-17(16)18(24)21-10-11-26-5/h6-9,16-17H,10-13H2,1-5H3,(H,21,24)(H,22,25). The third-order valence-corrected chi connectivity index (χ3v) is 4.62. The normalized spacial score (nSPS) is 20.1. The molecule has 0 bridgehead atoms. The molecule has 2 atom stereocenters. The molecule has 1 saturated heterocycles. The summed E-state index contributed by atoms with van der Waals surface area (Å²) in [6.07, 6.45) is 0. The van der Waals surface area contributed by atoms with E-state index in [0.29, 0.717) is 26.2 Å². The van der Waals surface area contributed by atoms with Gasteiger partial charge in [0.05, 0.1) is 12.5 Å². The molecule has 0 spiro atoms. The number of carbonyl (C=O) groups is 2. The summed E-state index contributed by atoms with van der Waals surface area (Å²) in [7, 11) is 1.61. The molecule has 1 aliphatic heterocycles. The Morgan fingerprint density at radius 1 is 1.23 bits per heavy atom. The SMILES string of the molecule is COCCNC(=O)C1CN(C(=O)NC(C)(C)C)CC1c1ccccc1C. The van der Waals surface area contributed by atoms with Gasteiger partial charge in [0.25, 0.3) is 0 Å². The van der Waals surface area contributed by atoms with Gasteiger partial charge in [-0.05, 0) is 38.8 Å². The van der Waals surface area contributed by atoms with Crippen molar-refractivity contribution in [3.63, 3.8) is 0 Å². The number of hydrogen-bond acceptors (Lipinski definition) is 3. The van der Waals surface area contributed by atoms with Crippen molar-refractivity contribution in [2.75, 3.05) is 33.4 Å². The number of hydrogen-bond donors (Lipinski definition) is 2. The molecule has 0 saturated carbocycles. The highest BCUT2D eigenvalue weighted by molar-refractivity contribution is 5.83. The van der Waals surface area contributed by atoms with E-state index in [4.69, 9.17) is 4.74 Å². The fourth-order valence-corrected chi connectivity index (χ4v) is 3.36. The Bertz CT molecular complexity index is 639. The molecule has 2 rings (SSSR count). The Balaban J connectivity index is 2.20. The second-order valence-electron chi connectivity index (χ2n) is 7.94. The number of nitrogens with one attached hydrogen (secondary N) is 2. The van der Waals surface area contributed by atoms with Crippen molar-refractivity contribution in [1.29, 1.82) is 0 Å². The minimum atomic E-state index is -0.311. The summed E-state index contributed by atoms with van der Waals surface area (Å²) in [5.41, 5.74) is 1.96. The first-order valence-corrected chi connectivity index (χ1v) is 9.12. The molecular formula is C20H31N3O3. The first-order valence-electron chi connectivity index (χ1n) is 9.12. The van der Waals surface area contributed by atoms with E-state index in [-0.39, 0.29) is 29.3 Å². The number of nitrogens with zero attached hydrogens (tertiary/aromatic N) is 1. The summed E-state index contributed by atoms with van der Waals surface area (Å²) in [6.45, 7) is 9.81. The lowest BCUT2D eigenvalue weighted by Gasteiger charge is -2.25. The van der Waals surface area contributed by atoms with Crippen LogP contribution in [-0.4, -0.2) is 55.7 Å². The summed E-state index contributed by atoms with van der Waals surface area (Å²) in [5.74, 6) is -0.301. The van der Waals surface area contributed by atoms with Gasteiger partial charge in [0, 0.05) is 38.2 Å². The summed E-state index contributed by atoms with van der Waals surface area (Å²) in [4.78, 5) is 27.1. The van der Waals surface area contributed by atoms with Crippen molar-refractivity contribution in [3.05, 3.63) is 35.4 Å². The van der Waals surface area contributed by atoms with Gasteiger partial charge in [0.1, 0.15) is 0 Å². The van der Waals surface area contributed by atoms with Crippen LogP contribution in [0.3, 0.4) is 0 Å². The Morgan fingerprint density at radius 2 is 1.92 bits per heavy atom.